The number of nitrogens with one attached hydrogen (secondary N) is 1. The van der Waals surface area contributed by atoms with Crippen LogP contribution in [0.15, 0.2) is 60.8 Å². The summed E-state index contributed by atoms with van der Waals surface area (Å²) in [5, 5.41) is 10.0. The van der Waals surface area contributed by atoms with Crippen LogP contribution in [0.2, 0.25) is 0 Å². The Hall–Kier alpha value is -3.41. The number of aromatic amines is 1. The summed E-state index contributed by atoms with van der Waals surface area (Å²) in [6, 6.07) is 18.6. The fourth-order valence-electron chi connectivity index (χ4n) is 4.28. The third-order valence-electron chi connectivity index (χ3n) is 5.94. The van der Waals surface area contributed by atoms with Gasteiger partial charge in [-0.05, 0) is 23.6 Å². The summed E-state index contributed by atoms with van der Waals surface area (Å²) in [6.45, 7) is 2.17. The van der Waals surface area contributed by atoms with E-state index in [-0.39, 0.29) is 5.91 Å². The maximum absolute atomic E-state index is 12.9. The highest BCUT2D eigenvalue weighted by atomic mass is 16.2. The molecule has 30 heavy (non-hydrogen) atoms. The Balaban J connectivity index is 1.22. The molecule has 6 nitrogen and oxygen atoms in total. The zero-order chi connectivity index (χ0) is 20.3. The lowest BCUT2D eigenvalue weighted by atomic mass is 10.1. The number of amides is 1. The van der Waals surface area contributed by atoms with E-state index in [9.17, 15) is 4.79 Å². The van der Waals surface area contributed by atoms with Crippen molar-refractivity contribution in [2.24, 2.45) is 0 Å². The maximum Gasteiger partial charge on any atom is 0.222 e. The number of carbonyl (C=O) groups is 1. The van der Waals surface area contributed by atoms with E-state index >= 15 is 0 Å². The van der Waals surface area contributed by atoms with Gasteiger partial charge in [-0.2, -0.15) is 0 Å². The first-order chi connectivity index (χ1) is 14.8. The Morgan fingerprint density at radius 3 is 2.70 bits per heavy atom. The van der Waals surface area contributed by atoms with Crippen molar-refractivity contribution in [1.29, 1.82) is 0 Å². The van der Waals surface area contributed by atoms with Crippen LogP contribution in [0.3, 0.4) is 0 Å². The summed E-state index contributed by atoms with van der Waals surface area (Å²) in [7, 11) is 0. The molecule has 5 rings (SSSR count). The number of aryl methyl sites for hydroxylation is 1. The minimum absolute atomic E-state index is 0.212. The number of hydrogen-bond donors (Lipinski definition) is 1. The second-order valence-corrected chi connectivity index (χ2v) is 7.84. The number of fused-ring (bicyclic) bond motifs is 2. The largest absolute Gasteiger partial charge is 0.361 e. The van der Waals surface area contributed by atoms with Gasteiger partial charge in [0.05, 0.1) is 0 Å². The van der Waals surface area contributed by atoms with E-state index in [0.717, 1.165) is 43.0 Å². The standard InChI is InChI=1S/C24H25N5O/c30-24(11-10-19-17-25-21-9-5-4-8-20(19)21)28-13-12-22-26-27-23(29(22)15-14-28)16-18-6-2-1-3-7-18/h1-9,17,25H,10-16H2. The molecule has 0 bridgehead atoms. The van der Waals surface area contributed by atoms with Gasteiger partial charge in [0.25, 0.3) is 0 Å². The van der Waals surface area contributed by atoms with E-state index in [1.165, 1.54) is 16.5 Å². The number of aromatic nitrogens is 4. The van der Waals surface area contributed by atoms with Crippen LogP contribution < -0.4 is 0 Å². The molecule has 0 saturated carbocycles. The van der Waals surface area contributed by atoms with E-state index in [1.54, 1.807) is 0 Å². The van der Waals surface area contributed by atoms with Gasteiger partial charge in [-0.25, -0.2) is 0 Å². The average molecular weight is 399 g/mol. The quantitative estimate of drug-likeness (QED) is 0.560. The molecule has 2 aromatic heterocycles. The molecule has 2 aromatic carbocycles. The highest BCUT2D eigenvalue weighted by Crippen LogP contribution is 2.20. The van der Waals surface area contributed by atoms with Crippen LogP contribution in [0.25, 0.3) is 10.9 Å². The molecule has 1 N–H and O–H groups in total. The van der Waals surface area contributed by atoms with Crippen molar-refractivity contribution in [1.82, 2.24) is 24.6 Å². The maximum atomic E-state index is 12.9. The van der Waals surface area contributed by atoms with Crippen LogP contribution >= 0.6 is 0 Å². The predicted octanol–water partition coefficient (Wildman–Crippen LogP) is 3.37. The second-order valence-electron chi connectivity index (χ2n) is 7.84. The van der Waals surface area contributed by atoms with Crippen molar-refractivity contribution in [2.45, 2.75) is 32.2 Å². The summed E-state index contributed by atoms with van der Waals surface area (Å²) in [5.41, 5.74) is 3.55. The fourth-order valence-corrected chi connectivity index (χ4v) is 4.28. The first-order valence-corrected chi connectivity index (χ1v) is 10.6. The topological polar surface area (TPSA) is 66.8 Å². The third kappa shape index (κ3) is 3.73. The molecule has 0 fully saturated rings. The van der Waals surface area contributed by atoms with Crippen molar-refractivity contribution >= 4 is 16.8 Å². The van der Waals surface area contributed by atoms with Gasteiger partial charge in [-0.15, -0.1) is 10.2 Å². The first kappa shape index (κ1) is 18.6. The summed E-state index contributed by atoms with van der Waals surface area (Å²) in [4.78, 5) is 18.2. The third-order valence-corrected chi connectivity index (χ3v) is 5.94. The van der Waals surface area contributed by atoms with Crippen molar-refractivity contribution < 1.29 is 4.79 Å². The molecule has 1 aliphatic rings. The van der Waals surface area contributed by atoms with Crippen LogP contribution in [0.5, 0.6) is 0 Å². The number of hydrogen-bond acceptors (Lipinski definition) is 3. The SMILES string of the molecule is O=C(CCc1c[nH]c2ccccc12)N1CCc2nnc(Cc3ccccc3)n2CC1. The Morgan fingerprint density at radius 2 is 1.80 bits per heavy atom. The number of nitrogens with zero attached hydrogens (tertiary/aromatic N) is 4. The summed E-state index contributed by atoms with van der Waals surface area (Å²) in [5.74, 6) is 2.17. The normalized spacial score (nSPS) is 13.9. The molecule has 152 valence electrons. The molecular formula is C24H25N5O. The molecule has 0 unspecified atom stereocenters. The van der Waals surface area contributed by atoms with Gasteiger partial charge in [0.1, 0.15) is 11.6 Å². The molecule has 1 amide bonds. The molecular weight excluding hydrogens is 374 g/mol. The van der Waals surface area contributed by atoms with E-state index in [2.05, 4.69) is 44.0 Å². The zero-order valence-electron chi connectivity index (χ0n) is 16.9. The highest BCUT2D eigenvalue weighted by molar-refractivity contribution is 5.84. The minimum Gasteiger partial charge on any atom is -0.361 e. The highest BCUT2D eigenvalue weighted by Gasteiger charge is 2.22. The lowest BCUT2D eigenvalue weighted by Gasteiger charge is -2.20. The molecule has 0 spiro atoms. The Morgan fingerprint density at radius 1 is 0.967 bits per heavy atom. The summed E-state index contributed by atoms with van der Waals surface area (Å²) < 4.78 is 2.19. The Labute approximate surface area is 175 Å². The number of rotatable bonds is 5. The van der Waals surface area contributed by atoms with E-state index < -0.39 is 0 Å². The van der Waals surface area contributed by atoms with Gasteiger partial charge in [0, 0.05) is 56.0 Å². The van der Waals surface area contributed by atoms with E-state index in [1.807, 2.05) is 41.4 Å². The molecule has 0 aliphatic carbocycles. The lowest BCUT2D eigenvalue weighted by molar-refractivity contribution is -0.131. The van der Waals surface area contributed by atoms with E-state index in [0.29, 0.717) is 19.5 Å². The molecule has 1 aliphatic heterocycles. The van der Waals surface area contributed by atoms with Gasteiger partial charge >= 0.3 is 0 Å². The van der Waals surface area contributed by atoms with Gasteiger partial charge in [0.15, 0.2) is 0 Å². The minimum atomic E-state index is 0.212. The van der Waals surface area contributed by atoms with Crippen molar-refractivity contribution in [2.75, 3.05) is 13.1 Å². The summed E-state index contributed by atoms with van der Waals surface area (Å²) in [6.07, 6.45) is 4.82. The second kappa shape index (κ2) is 8.14. The van der Waals surface area contributed by atoms with E-state index in [4.69, 9.17) is 0 Å². The number of benzene rings is 2. The molecule has 4 aromatic rings. The van der Waals surface area contributed by atoms with Gasteiger partial charge in [-0.1, -0.05) is 48.5 Å². The zero-order valence-corrected chi connectivity index (χ0v) is 16.9. The molecule has 3 heterocycles. The lowest BCUT2D eigenvalue weighted by Crippen LogP contribution is -2.33. The van der Waals surface area contributed by atoms with Crippen LogP contribution in [0.1, 0.15) is 29.2 Å². The Kier molecular flexibility index (Phi) is 5.05. The summed E-state index contributed by atoms with van der Waals surface area (Å²) >= 11 is 0. The average Bonchev–Trinajstić information content (AvgIpc) is 3.30. The fraction of sp³-hybridized carbons (Fsp3) is 0.292. The van der Waals surface area contributed by atoms with Gasteiger partial charge in [0.2, 0.25) is 5.91 Å². The van der Waals surface area contributed by atoms with Gasteiger partial charge in [-0.3, -0.25) is 4.79 Å². The van der Waals surface area contributed by atoms with Crippen LogP contribution in [-0.2, 0) is 30.6 Å². The van der Waals surface area contributed by atoms with Crippen molar-refractivity contribution in [3.63, 3.8) is 0 Å². The monoisotopic (exact) mass is 399 g/mol. The van der Waals surface area contributed by atoms with Crippen molar-refractivity contribution in [3.8, 4) is 0 Å². The van der Waals surface area contributed by atoms with Gasteiger partial charge < -0.3 is 14.5 Å². The van der Waals surface area contributed by atoms with Crippen LogP contribution in [-0.4, -0.2) is 43.6 Å². The first-order valence-electron chi connectivity index (χ1n) is 10.6. The number of H-pyrrole nitrogens is 1. The van der Waals surface area contributed by atoms with Crippen LogP contribution in [0.4, 0.5) is 0 Å². The molecule has 0 saturated heterocycles. The molecule has 6 heteroatoms. The predicted molar refractivity (Wildman–Crippen MR) is 116 cm³/mol. The molecule has 0 radical (unpaired) electrons. The van der Waals surface area contributed by atoms with Crippen LogP contribution in [0, 0.1) is 0 Å². The molecule has 0 atom stereocenters. The van der Waals surface area contributed by atoms with Crippen molar-refractivity contribution in [3.05, 3.63) is 83.6 Å². The number of para-hydroxylation sites is 1. The number of carbonyl (C=O) groups excluding carboxylic acids is 1. The Bertz CT molecular complexity index is 1160. The smallest absolute Gasteiger partial charge is 0.222 e.